The summed E-state index contributed by atoms with van der Waals surface area (Å²) in [5, 5.41) is 0. The molecule has 1 saturated carbocycles. The van der Waals surface area contributed by atoms with Crippen LogP contribution in [-0.4, -0.2) is 38.5 Å². The second-order valence-electron chi connectivity index (χ2n) is 5.99. The van der Waals surface area contributed by atoms with E-state index in [1.165, 1.54) is 49.9 Å². The van der Waals surface area contributed by atoms with Gasteiger partial charge in [-0.05, 0) is 43.5 Å². The van der Waals surface area contributed by atoms with E-state index in [4.69, 9.17) is 0 Å². The quantitative estimate of drug-likeness (QED) is 0.926. The molecule has 21 heavy (non-hydrogen) atoms. The van der Waals surface area contributed by atoms with Crippen LogP contribution in [0.3, 0.4) is 0 Å². The Hall–Kier alpha value is -0.980. The van der Waals surface area contributed by atoms with Crippen molar-refractivity contribution in [1.82, 2.24) is 9.62 Å². The van der Waals surface area contributed by atoms with Crippen LogP contribution in [0.5, 0.6) is 0 Å². The van der Waals surface area contributed by atoms with E-state index in [9.17, 15) is 12.8 Å². The first-order valence-corrected chi connectivity index (χ1v) is 9.05. The molecule has 0 aromatic heterocycles. The highest BCUT2D eigenvalue weighted by molar-refractivity contribution is 7.89. The summed E-state index contributed by atoms with van der Waals surface area (Å²) in [4.78, 5) is 2.54. The third-order valence-electron chi connectivity index (χ3n) is 4.51. The van der Waals surface area contributed by atoms with Crippen LogP contribution in [0.25, 0.3) is 0 Å². The molecule has 2 fully saturated rings. The molecule has 0 amide bonds. The third-order valence-corrected chi connectivity index (χ3v) is 6.04. The summed E-state index contributed by atoms with van der Waals surface area (Å²) < 4.78 is 40.2. The van der Waals surface area contributed by atoms with E-state index in [-0.39, 0.29) is 10.9 Å². The molecule has 1 N–H and O–H groups in total. The average molecular weight is 312 g/mol. The largest absolute Gasteiger partial charge is 0.299 e. The fraction of sp³-hybridized carbons (Fsp3) is 0.600. The topological polar surface area (TPSA) is 49.4 Å². The lowest BCUT2D eigenvalue weighted by atomic mass is 10.2. The van der Waals surface area contributed by atoms with Crippen molar-refractivity contribution in [3.63, 3.8) is 0 Å². The van der Waals surface area contributed by atoms with E-state index in [2.05, 4.69) is 9.62 Å². The molecule has 1 aliphatic heterocycles. The van der Waals surface area contributed by atoms with Gasteiger partial charge in [0.25, 0.3) is 0 Å². The normalized spacial score (nSPS) is 24.7. The Bertz CT molecular complexity index is 582. The van der Waals surface area contributed by atoms with Crippen molar-refractivity contribution >= 4 is 10.0 Å². The van der Waals surface area contributed by atoms with Crippen molar-refractivity contribution in [3.8, 4) is 0 Å². The summed E-state index contributed by atoms with van der Waals surface area (Å²) >= 11 is 0. The predicted octanol–water partition coefficient (Wildman–Crippen LogP) is 2.12. The lowest BCUT2D eigenvalue weighted by Crippen LogP contribution is -2.39. The van der Waals surface area contributed by atoms with Gasteiger partial charge in [0, 0.05) is 25.2 Å². The first-order chi connectivity index (χ1) is 10.0. The molecule has 3 rings (SSSR count). The number of sulfonamides is 1. The highest BCUT2D eigenvalue weighted by atomic mass is 32.2. The maximum absolute atomic E-state index is 12.9. The van der Waals surface area contributed by atoms with E-state index >= 15 is 0 Å². The van der Waals surface area contributed by atoms with Gasteiger partial charge in [0.05, 0.1) is 4.90 Å². The first-order valence-electron chi connectivity index (χ1n) is 7.56. The smallest absolute Gasteiger partial charge is 0.240 e. The van der Waals surface area contributed by atoms with Crippen molar-refractivity contribution in [2.24, 2.45) is 0 Å². The Morgan fingerprint density at radius 1 is 1.10 bits per heavy atom. The predicted molar refractivity (Wildman–Crippen MR) is 79.0 cm³/mol. The van der Waals surface area contributed by atoms with E-state index in [1.807, 2.05) is 0 Å². The number of benzene rings is 1. The van der Waals surface area contributed by atoms with E-state index in [0.29, 0.717) is 6.04 Å². The van der Waals surface area contributed by atoms with Crippen molar-refractivity contribution in [1.29, 1.82) is 0 Å². The van der Waals surface area contributed by atoms with Gasteiger partial charge in [-0.3, -0.25) is 4.90 Å². The minimum Gasteiger partial charge on any atom is -0.299 e. The molecule has 0 unspecified atom stereocenters. The fourth-order valence-electron chi connectivity index (χ4n) is 3.39. The summed E-state index contributed by atoms with van der Waals surface area (Å²) in [5.74, 6) is -0.428. The molecule has 1 aromatic carbocycles. The van der Waals surface area contributed by atoms with Crippen molar-refractivity contribution in [2.45, 2.75) is 49.1 Å². The van der Waals surface area contributed by atoms with Gasteiger partial charge in [-0.2, -0.15) is 0 Å². The zero-order chi connectivity index (χ0) is 14.9. The number of nitrogens with zero attached hydrogens (tertiary/aromatic N) is 1. The van der Waals surface area contributed by atoms with Gasteiger partial charge in [-0.15, -0.1) is 0 Å². The van der Waals surface area contributed by atoms with Gasteiger partial charge < -0.3 is 0 Å². The molecule has 116 valence electrons. The Labute approximate surface area is 125 Å². The minimum absolute atomic E-state index is 0.0411. The maximum atomic E-state index is 12.9. The summed E-state index contributed by atoms with van der Waals surface area (Å²) in [6, 6.07) is 5.55. The van der Waals surface area contributed by atoms with Crippen LogP contribution in [0.4, 0.5) is 4.39 Å². The average Bonchev–Trinajstić information content (AvgIpc) is 3.09. The van der Waals surface area contributed by atoms with Crippen molar-refractivity contribution in [3.05, 3.63) is 30.1 Å². The Morgan fingerprint density at radius 3 is 2.43 bits per heavy atom. The number of hydrogen-bond acceptors (Lipinski definition) is 3. The van der Waals surface area contributed by atoms with Gasteiger partial charge in [0.1, 0.15) is 5.82 Å². The van der Waals surface area contributed by atoms with Gasteiger partial charge in [0.2, 0.25) is 10.0 Å². The zero-order valence-electron chi connectivity index (χ0n) is 12.0. The number of halogens is 1. The van der Waals surface area contributed by atoms with Crippen LogP contribution >= 0.6 is 0 Å². The molecule has 1 saturated heterocycles. The van der Waals surface area contributed by atoms with E-state index in [0.717, 1.165) is 19.5 Å². The second kappa shape index (κ2) is 6.02. The molecule has 2 aliphatic rings. The molecule has 6 heteroatoms. The molecule has 1 aromatic rings. The molecule has 0 radical (unpaired) electrons. The van der Waals surface area contributed by atoms with Crippen LogP contribution in [0, 0.1) is 5.82 Å². The molecule has 0 spiro atoms. The van der Waals surface area contributed by atoms with Crippen LogP contribution in [0.2, 0.25) is 0 Å². The lowest BCUT2D eigenvalue weighted by Gasteiger charge is -2.23. The number of hydrogen-bond donors (Lipinski definition) is 1. The van der Waals surface area contributed by atoms with Crippen LogP contribution < -0.4 is 4.72 Å². The third kappa shape index (κ3) is 3.44. The zero-order valence-corrected chi connectivity index (χ0v) is 12.8. The number of likely N-dealkylation sites (tertiary alicyclic amines) is 1. The summed E-state index contributed by atoms with van der Waals surface area (Å²) in [6.07, 6.45) is 5.88. The standard InChI is InChI=1S/C15H21FN2O2S/c16-12-5-7-15(8-6-12)21(19,20)17-13-9-10-18(11-13)14-3-1-2-4-14/h5-8,13-14,17H,1-4,9-11H2/t13-/m1/s1. The highest BCUT2D eigenvalue weighted by Gasteiger charge is 2.32. The Balaban J connectivity index is 1.62. The highest BCUT2D eigenvalue weighted by Crippen LogP contribution is 2.27. The van der Waals surface area contributed by atoms with Gasteiger partial charge in [0.15, 0.2) is 0 Å². The van der Waals surface area contributed by atoms with Gasteiger partial charge >= 0.3 is 0 Å². The first kappa shape index (κ1) is 14.9. The monoisotopic (exact) mass is 312 g/mol. The SMILES string of the molecule is O=S(=O)(N[C@@H]1CCN(C2CCCC2)C1)c1ccc(F)cc1. The molecule has 1 aliphatic carbocycles. The summed E-state index contributed by atoms with van der Waals surface area (Å²) in [6.45, 7) is 1.74. The Morgan fingerprint density at radius 2 is 1.76 bits per heavy atom. The molecule has 1 atom stereocenters. The minimum atomic E-state index is -3.55. The lowest BCUT2D eigenvalue weighted by molar-refractivity contribution is 0.242. The van der Waals surface area contributed by atoms with Gasteiger partial charge in [-0.25, -0.2) is 17.5 Å². The Kier molecular flexibility index (Phi) is 4.28. The molecular formula is C15H21FN2O2S. The molecule has 4 nitrogen and oxygen atoms in total. The maximum Gasteiger partial charge on any atom is 0.240 e. The molecule has 1 heterocycles. The molecular weight excluding hydrogens is 291 g/mol. The van der Waals surface area contributed by atoms with Crippen LogP contribution in [0.1, 0.15) is 32.1 Å². The van der Waals surface area contributed by atoms with Gasteiger partial charge in [-0.1, -0.05) is 12.8 Å². The fourth-order valence-corrected chi connectivity index (χ4v) is 4.65. The van der Waals surface area contributed by atoms with Crippen molar-refractivity contribution < 1.29 is 12.8 Å². The van der Waals surface area contributed by atoms with Crippen LogP contribution in [-0.2, 0) is 10.0 Å². The number of rotatable bonds is 4. The number of nitrogens with one attached hydrogen (secondary N) is 1. The summed E-state index contributed by atoms with van der Waals surface area (Å²) in [7, 11) is -3.55. The summed E-state index contributed by atoms with van der Waals surface area (Å²) in [5.41, 5.74) is 0. The molecule has 0 bridgehead atoms. The second-order valence-corrected chi connectivity index (χ2v) is 7.71. The van der Waals surface area contributed by atoms with Crippen LogP contribution in [0.15, 0.2) is 29.2 Å². The van der Waals surface area contributed by atoms with E-state index in [1.54, 1.807) is 0 Å². The van der Waals surface area contributed by atoms with E-state index < -0.39 is 15.8 Å². The van der Waals surface area contributed by atoms with Crippen molar-refractivity contribution in [2.75, 3.05) is 13.1 Å².